The van der Waals surface area contributed by atoms with Crippen LogP contribution in [0, 0.1) is 11.8 Å². The van der Waals surface area contributed by atoms with Gasteiger partial charge in [-0.25, -0.2) is 0 Å². The number of Topliss-reactive ketones (excluding diaryl/α,β-unsaturated/α-hetero) is 1. The van der Waals surface area contributed by atoms with Crippen molar-refractivity contribution < 1.29 is 4.79 Å². The topological polar surface area (TPSA) is 17.1 Å². The Kier molecular flexibility index (Phi) is 19.5. The standard InChI is InChI=1S/C28H44O/c1-5-6-7-8-9-10-11-12-13-14-15-16-17-18-19-20-21-22-23-24-28(29)25-27(4)26(2)3/h6-7,9-10,12-13,15-16,18-19,21-22,26-27H,5,8,11,14,17,20,23-25H2,1-4H3/b7-6-,10-9-,13-12-,16-15-,19-18-,22-21-. The van der Waals surface area contributed by atoms with Gasteiger partial charge in [-0.15, -0.1) is 0 Å². The van der Waals surface area contributed by atoms with E-state index in [-0.39, 0.29) is 0 Å². The van der Waals surface area contributed by atoms with E-state index in [2.05, 4.69) is 101 Å². The average Bonchev–Trinajstić information content (AvgIpc) is 2.69. The van der Waals surface area contributed by atoms with Crippen LogP contribution in [0.4, 0.5) is 0 Å². The molecule has 0 aliphatic carbocycles. The van der Waals surface area contributed by atoms with Crippen LogP contribution in [-0.4, -0.2) is 5.78 Å². The normalized spacial score (nSPS) is 14.2. The summed E-state index contributed by atoms with van der Waals surface area (Å²) in [6.07, 6.45) is 34.8. The van der Waals surface area contributed by atoms with Crippen molar-refractivity contribution in [2.45, 2.75) is 85.5 Å². The molecule has 0 heterocycles. The number of carbonyl (C=O) groups is 1. The first-order valence-electron chi connectivity index (χ1n) is 11.5. The van der Waals surface area contributed by atoms with Gasteiger partial charge in [0.15, 0.2) is 0 Å². The predicted molar refractivity (Wildman–Crippen MR) is 131 cm³/mol. The van der Waals surface area contributed by atoms with Gasteiger partial charge in [-0.2, -0.15) is 0 Å². The maximum Gasteiger partial charge on any atom is 0.133 e. The molecule has 0 N–H and O–H groups in total. The summed E-state index contributed by atoms with van der Waals surface area (Å²) in [5.41, 5.74) is 0. The number of hydrogen-bond acceptors (Lipinski definition) is 1. The molecule has 0 rings (SSSR count). The van der Waals surface area contributed by atoms with E-state index in [0.717, 1.165) is 51.4 Å². The first kappa shape index (κ1) is 27.1. The summed E-state index contributed by atoms with van der Waals surface area (Å²) >= 11 is 0. The maximum absolute atomic E-state index is 11.9. The van der Waals surface area contributed by atoms with Gasteiger partial charge in [-0.3, -0.25) is 4.79 Å². The third-order valence-electron chi connectivity index (χ3n) is 4.87. The number of hydrogen-bond donors (Lipinski definition) is 0. The summed E-state index contributed by atoms with van der Waals surface area (Å²) in [4.78, 5) is 11.9. The zero-order chi connectivity index (χ0) is 21.6. The summed E-state index contributed by atoms with van der Waals surface area (Å²) in [6.45, 7) is 8.69. The Morgan fingerprint density at radius 3 is 1.38 bits per heavy atom. The van der Waals surface area contributed by atoms with Crippen LogP contribution in [0.1, 0.15) is 85.5 Å². The molecule has 0 saturated heterocycles. The Hall–Kier alpha value is -1.89. The molecular weight excluding hydrogens is 352 g/mol. The molecule has 1 heteroatoms. The molecule has 0 amide bonds. The van der Waals surface area contributed by atoms with E-state index in [1.54, 1.807) is 0 Å². The van der Waals surface area contributed by atoms with Crippen molar-refractivity contribution in [2.75, 3.05) is 0 Å². The molecule has 0 radical (unpaired) electrons. The molecule has 0 saturated carbocycles. The lowest BCUT2D eigenvalue weighted by molar-refractivity contribution is -0.120. The highest BCUT2D eigenvalue weighted by molar-refractivity contribution is 5.78. The summed E-state index contributed by atoms with van der Waals surface area (Å²) in [6, 6.07) is 0. The van der Waals surface area contributed by atoms with Crippen molar-refractivity contribution >= 4 is 5.78 Å². The van der Waals surface area contributed by atoms with Crippen LogP contribution in [0.25, 0.3) is 0 Å². The molecule has 0 aromatic heterocycles. The van der Waals surface area contributed by atoms with Gasteiger partial charge in [0.2, 0.25) is 0 Å². The molecule has 0 aromatic rings. The molecular formula is C28H44O. The van der Waals surface area contributed by atoms with Crippen molar-refractivity contribution in [1.29, 1.82) is 0 Å². The number of carbonyl (C=O) groups excluding carboxylic acids is 1. The lowest BCUT2D eigenvalue weighted by atomic mass is 9.91. The monoisotopic (exact) mass is 396 g/mol. The highest BCUT2D eigenvalue weighted by Crippen LogP contribution is 2.15. The number of rotatable bonds is 17. The van der Waals surface area contributed by atoms with Gasteiger partial charge in [0, 0.05) is 12.8 Å². The quantitative estimate of drug-likeness (QED) is 0.225. The smallest absolute Gasteiger partial charge is 0.133 e. The molecule has 1 nitrogen and oxygen atoms in total. The minimum atomic E-state index is 0.394. The zero-order valence-corrected chi connectivity index (χ0v) is 19.4. The van der Waals surface area contributed by atoms with Crippen molar-refractivity contribution in [3.8, 4) is 0 Å². The van der Waals surface area contributed by atoms with Gasteiger partial charge >= 0.3 is 0 Å². The van der Waals surface area contributed by atoms with E-state index in [1.165, 1.54) is 0 Å². The fraction of sp³-hybridized carbons (Fsp3) is 0.536. The van der Waals surface area contributed by atoms with E-state index >= 15 is 0 Å². The fourth-order valence-electron chi connectivity index (χ4n) is 2.58. The Balaban J connectivity index is 3.63. The average molecular weight is 397 g/mol. The fourth-order valence-corrected chi connectivity index (χ4v) is 2.58. The highest BCUT2D eigenvalue weighted by Gasteiger charge is 2.11. The van der Waals surface area contributed by atoms with Gasteiger partial charge in [0.05, 0.1) is 0 Å². The molecule has 0 fully saturated rings. The van der Waals surface area contributed by atoms with Gasteiger partial charge in [-0.05, 0) is 56.8 Å². The molecule has 1 atom stereocenters. The molecule has 29 heavy (non-hydrogen) atoms. The molecule has 1 unspecified atom stereocenters. The Morgan fingerprint density at radius 2 is 1.00 bits per heavy atom. The lowest BCUT2D eigenvalue weighted by Gasteiger charge is -2.13. The SMILES string of the molecule is CC/C=C\C/C=C\C/C=C\C/C=C\C/C=C\C/C=C\CCC(=O)CC(C)C(C)C. The molecule has 0 aromatic carbocycles. The van der Waals surface area contributed by atoms with E-state index < -0.39 is 0 Å². The molecule has 0 spiro atoms. The summed E-state index contributed by atoms with van der Waals surface area (Å²) < 4.78 is 0. The van der Waals surface area contributed by atoms with E-state index in [4.69, 9.17) is 0 Å². The summed E-state index contributed by atoms with van der Waals surface area (Å²) in [5.74, 6) is 1.48. The number of ketones is 1. The highest BCUT2D eigenvalue weighted by atomic mass is 16.1. The predicted octanol–water partition coefficient (Wildman–Crippen LogP) is 8.72. The van der Waals surface area contributed by atoms with Crippen LogP contribution in [0.5, 0.6) is 0 Å². The van der Waals surface area contributed by atoms with Gasteiger partial charge in [-0.1, -0.05) is 101 Å². The van der Waals surface area contributed by atoms with E-state index in [9.17, 15) is 4.79 Å². The third-order valence-corrected chi connectivity index (χ3v) is 4.87. The molecule has 0 aliphatic heterocycles. The summed E-state index contributed by atoms with van der Waals surface area (Å²) in [7, 11) is 0. The summed E-state index contributed by atoms with van der Waals surface area (Å²) in [5, 5.41) is 0. The second-order valence-electron chi connectivity index (χ2n) is 7.92. The van der Waals surface area contributed by atoms with Crippen molar-refractivity contribution in [2.24, 2.45) is 11.8 Å². The second-order valence-corrected chi connectivity index (χ2v) is 7.92. The third kappa shape index (κ3) is 20.7. The molecule has 162 valence electrons. The molecule has 0 bridgehead atoms. The van der Waals surface area contributed by atoms with Crippen LogP contribution in [0.3, 0.4) is 0 Å². The Morgan fingerprint density at radius 1 is 0.621 bits per heavy atom. The first-order valence-corrected chi connectivity index (χ1v) is 11.5. The van der Waals surface area contributed by atoms with E-state index in [0.29, 0.717) is 24.0 Å². The largest absolute Gasteiger partial charge is 0.300 e. The number of allylic oxidation sites excluding steroid dienone is 12. The second kappa shape index (κ2) is 20.8. The van der Waals surface area contributed by atoms with Crippen LogP contribution in [-0.2, 0) is 4.79 Å². The van der Waals surface area contributed by atoms with Crippen molar-refractivity contribution in [3.05, 3.63) is 72.9 Å². The maximum atomic E-state index is 11.9. The minimum Gasteiger partial charge on any atom is -0.300 e. The lowest BCUT2D eigenvalue weighted by Crippen LogP contribution is -2.10. The minimum absolute atomic E-state index is 0.394. The van der Waals surface area contributed by atoms with E-state index in [1.807, 2.05) is 0 Å². The van der Waals surface area contributed by atoms with Crippen molar-refractivity contribution in [1.82, 2.24) is 0 Å². The van der Waals surface area contributed by atoms with Crippen LogP contribution in [0.2, 0.25) is 0 Å². The molecule has 0 aliphatic rings. The Labute approximate surface area is 181 Å². The van der Waals surface area contributed by atoms with Gasteiger partial charge in [0.1, 0.15) is 5.78 Å². The van der Waals surface area contributed by atoms with Crippen LogP contribution < -0.4 is 0 Å². The van der Waals surface area contributed by atoms with Gasteiger partial charge < -0.3 is 0 Å². The van der Waals surface area contributed by atoms with Crippen LogP contribution in [0.15, 0.2) is 72.9 Å². The van der Waals surface area contributed by atoms with Crippen molar-refractivity contribution in [3.63, 3.8) is 0 Å². The Bertz CT molecular complexity index is 555. The van der Waals surface area contributed by atoms with Crippen LogP contribution >= 0.6 is 0 Å². The van der Waals surface area contributed by atoms with Gasteiger partial charge in [0.25, 0.3) is 0 Å². The first-order chi connectivity index (χ1) is 14.1. The zero-order valence-electron chi connectivity index (χ0n) is 19.4.